The van der Waals surface area contributed by atoms with Crippen molar-refractivity contribution in [2.45, 2.75) is 19.1 Å². The molecule has 1 aliphatic rings. The molecule has 0 saturated carbocycles. The quantitative estimate of drug-likeness (QED) is 0.705. The molecule has 7 heteroatoms. The first-order valence-electron chi connectivity index (χ1n) is 9.34. The summed E-state index contributed by atoms with van der Waals surface area (Å²) in [4.78, 5) is 6.92. The molecule has 4 rings (SSSR count). The van der Waals surface area contributed by atoms with Gasteiger partial charge in [0.2, 0.25) is 6.10 Å². The molecule has 2 unspecified atom stereocenters. The van der Waals surface area contributed by atoms with E-state index in [1.165, 1.54) is 0 Å². The number of aromatic nitrogens is 2. The monoisotopic (exact) mass is 398 g/mol. The lowest BCUT2D eigenvalue weighted by atomic mass is 10.1. The van der Waals surface area contributed by atoms with Crippen molar-refractivity contribution >= 4 is 11.6 Å². The van der Waals surface area contributed by atoms with Gasteiger partial charge in [0, 0.05) is 30.2 Å². The first kappa shape index (κ1) is 18.9. The first-order valence-corrected chi connectivity index (χ1v) is 9.72. The van der Waals surface area contributed by atoms with Gasteiger partial charge in [0.25, 0.3) is 5.89 Å². The topological polar surface area (TPSA) is 63.4 Å². The molecule has 0 bridgehead atoms. The van der Waals surface area contributed by atoms with Gasteiger partial charge in [0.15, 0.2) is 5.82 Å². The number of aryl methyl sites for hydroxylation is 1. The molecular weight excluding hydrogens is 376 g/mol. The molecule has 2 atom stereocenters. The Bertz CT molecular complexity index is 931. The highest BCUT2D eigenvalue weighted by Crippen LogP contribution is 2.31. The molecule has 1 aliphatic heterocycles. The van der Waals surface area contributed by atoms with Crippen molar-refractivity contribution in [3.8, 4) is 5.75 Å². The summed E-state index contributed by atoms with van der Waals surface area (Å²) in [5, 5.41) is 8.30. The van der Waals surface area contributed by atoms with Crippen molar-refractivity contribution in [1.82, 2.24) is 20.4 Å². The van der Waals surface area contributed by atoms with Crippen molar-refractivity contribution in [3.05, 3.63) is 76.4 Å². The number of likely N-dealkylation sites (N-methyl/N-ethyl adjacent to an activating group) is 1. The molecule has 146 valence electrons. The largest absolute Gasteiger partial charge is 0.476 e. The van der Waals surface area contributed by atoms with E-state index in [2.05, 4.69) is 22.4 Å². The number of nitrogens with one attached hydrogen (secondary N) is 1. The molecule has 1 aromatic heterocycles. The minimum absolute atomic E-state index is 0.0833. The molecule has 0 spiro atoms. The summed E-state index contributed by atoms with van der Waals surface area (Å²) in [6, 6.07) is 15.5. The second kappa shape index (κ2) is 8.31. The van der Waals surface area contributed by atoms with Crippen LogP contribution < -0.4 is 10.1 Å². The Hall–Kier alpha value is -2.41. The maximum atomic E-state index is 6.32. The SMILES string of the molecule is Cc1cc(Cl)ccc1OC(c1ccccc1)c1nc(C2CNCCN2C)no1. The second-order valence-electron chi connectivity index (χ2n) is 7.01. The van der Waals surface area contributed by atoms with Gasteiger partial charge in [0.1, 0.15) is 5.75 Å². The molecule has 1 fully saturated rings. The van der Waals surface area contributed by atoms with Crippen LogP contribution in [0.5, 0.6) is 5.75 Å². The summed E-state index contributed by atoms with van der Waals surface area (Å²) in [5.41, 5.74) is 1.89. The van der Waals surface area contributed by atoms with E-state index in [1.54, 1.807) is 0 Å². The fraction of sp³-hybridized carbons (Fsp3) is 0.333. The van der Waals surface area contributed by atoms with E-state index in [0.29, 0.717) is 16.7 Å². The number of ether oxygens (including phenoxy) is 1. The van der Waals surface area contributed by atoms with Gasteiger partial charge in [-0.1, -0.05) is 47.1 Å². The van der Waals surface area contributed by atoms with Gasteiger partial charge >= 0.3 is 0 Å². The summed E-state index contributed by atoms with van der Waals surface area (Å²) in [7, 11) is 2.07. The Labute approximate surface area is 169 Å². The van der Waals surface area contributed by atoms with Gasteiger partial charge in [0.05, 0.1) is 6.04 Å². The van der Waals surface area contributed by atoms with Gasteiger partial charge in [-0.2, -0.15) is 4.98 Å². The van der Waals surface area contributed by atoms with E-state index in [0.717, 1.165) is 36.5 Å². The van der Waals surface area contributed by atoms with Crippen LogP contribution in [0, 0.1) is 6.92 Å². The van der Waals surface area contributed by atoms with Crippen LogP contribution in [0.2, 0.25) is 5.02 Å². The van der Waals surface area contributed by atoms with Crippen molar-refractivity contribution in [2.24, 2.45) is 0 Å². The van der Waals surface area contributed by atoms with Crippen LogP contribution in [0.1, 0.15) is 35.0 Å². The molecule has 1 saturated heterocycles. The minimum Gasteiger partial charge on any atom is -0.476 e. The first-order chi connectivity index (χ1) is 13.6. The van der Waals surface area contributed by atoms with Gasteiger partial charge in [-0.05, 0) is 37.7 Å². The molecule has 0 radical (unpaired) electrons. The molecule has 6 nitrogen and oxygen atoms in total. The third-order valence-electron chi connectivity index (χ3n) is 4.97. The van der Waals surface area contributed by atoms with E-state index < -0.39 is 6.10 Å². The Balaban J connectivity index is 1.66. The summed E-state index contributed by atoms with van der Waals surface area (Å²) in [5.74, 6) is 1.84. The molecular formula is C21H23ClN4O2. The van der Waals surface area contributed by atoms with Crippen molar-refractivity contribution in [3.63, 3.8) is 0 Å². The maximum absolute atomic E-state index is 6.32. The highest BCUT2D eigenvalue weighted by molar-refractivity contribution is 6.30. The highest BCUT2D eigenvalue weighted by Gasteiger charge is 2.29. The zero-order valence-electron chi connectivity index (χ0n) is 15.9. The lowest BCUT2D eigenvalue weighted by molar-refractivity contribution is 0.184. The summed E-state index contributed by atoms with van der Waals surface area (Å²) in [6.45, 7) is 4.66. The van der Waals surface area contributed by atoms with E-state index in [4.69, 9.17) is 25.8 Å². The molecule has 2 aromatic carbocycles. The van der Waals surface area contributed by atoms with Crippen LogP contribution in [0.4, 0.5) is 0 Å². The van der Waals surface area contributed by atoms with E-state index >= 15 is 0 Å². The van der Waals surface area contributed by atoms with Gasteiger partial charge in [-0.25, -0.2) is 0 Å². The van der Waals surface area contributed by atoms with Gasteiger partial charge in [-0.15, -0.1) is 0 Å². The zero-order chi connectivity index (χ0) is 19.5. The third-order valence-corrected chi connectivity index (χ3v) is 5.21. The van der Waals surface area contributed by atoms with Crippen molar-refractivity contribution in [1.29, 1.82) is 0 Å². The normalized spacial score (nSPS) is 18.8. The summed E-state index contributed by atoms with van der Waals surface area (Å²) in [6.07, 6.45) is -0.496. The number of nitrogens with zero attached hydrogens (tertiary/aromatic N) is 3. The summed E-state index contributed by atoms with van der Waals surface area (Å²) >= 11 is 6.08. The minimum atomic E-state index is -0.496. The Kier molecular flexibility index (Phi) is 5.62. The average molecular weight is 399 g/mol. The van der Waals surface area contributed by atoms with E-state index in [-0.39, 0.29) is 6.04 Å². The van der Waals surface area contributed by atoms with Crippen LogP contribution in [-0.4, -0.2) is 41.7 Å². The number of halogens is 1. The molecule has 0 aliphatic carbocycles. The fourth-order valence-electron chi connectivity index (χ4n) is 3.34. The van der Waals surface area contributed by atoms with Crippen molar-refractivity contribution in [2.75, 3.05) is 26.7 Å². The average Bonchev–Trinajstić information content (AvgIpc) is 3.18. The predicted molar refractivity (Wildman–Crippen MR) is 108 cm³/mol. The smallest absolute Gasteiger partial charge is 0.272 e. The van der Waals surface area contributed by atoms with Crippen LogP contribution in [0.3, 0.4) is 0 Å². The van der Waals surface area contributed by atoms with Gasteiger partial charge < -0.3 is 14.6 Å². The second-order valence-corrected chi connectivity index (χ2v) is 7.45. The third kappa shape index (κ3) is 4.04. The lowest BCUT2D eigenvalue weighted by Crippen LogP contribution is -2.44. The highest BCUT2D eigenvalue weighted by atomic mass is 35.5. The van der Waals surface area contributed by atoms with Crippen LogP contribution in [-0.2, 0) is 0 Å². The molecule has 2 heterocycles. The predicted octanol–water partition coefficient (Wildman–Crippen LogP) is 3.78. The standard InChI is InChI=1S/C21H23ClN4O2/c1-14-12-16(22)8-9-18(14)27-19(15-6-4-3-5-7-15)21-24-20(25-28-21)17-13-23-10-11-26(17)2/h3-9,12,17,19,23H,10-11,13H2,1-2H3. The molecule has 3 aromatic rings. The summed E-state index contributed by atoms with van der Waals surface area (Å²) < 4.78 is 12.0. The lowest BCUT2D eigenvalue weighted by Gasteiger charge is -2.30. The molecule has 28 heavy (non-hydrogen) atoms. The van der Waals surface area contributed by atoms with Crippen molar-refractivity contribution < 1.29 is 9.26 Å². The van der Waals surface area contributed by atoms with E-state index in [9.17, 15) is 0 Å². The van der Waals surface area contributed by atoms with E-state index in [1.807, 2.05) is 55.5 Å². The van der Waals surface area contributed by atoms with Crippen LogP contribution in [0.25, 0.3) is 0 Å². The number of hydrogen-bond donors (Lipinski definition) is 1. The Morgan fingerprint density at radius 3 is 2.82 bits per heavy atom. The Morgan fingerprint density at radius 2 is 2.07 bits per heavy atom. The Morgan fingerprint density at radius 1 is 1.25 bits per heavy atom. The number of hydrogen-bond acceptors (Lipinski definition) is 6. The van der Waals surface area contributed by atoms with Gasteiger partial charge in [-0.3, -0.25) is 4.90 Å². The number of benzene rings is 2. The van der Waals surface area contributed by atoms with Crippen LogP contribution >= 0.6 is 11.6 Å². The molecule has 1 N–H and O–H groups in total. The fourth-order valence-corrected chi connectivity index (χ4v) is 3.57. The number of rotatable bonds is 5. The molecule has 0 amide bonds. The number of piperazine rings is 1. The van der Waals surface area contributed by atoms with Crippen LogP contribution in [0.15, 0.2) is 53.1 Å². The maximum Gasteiger partial charge on any atom is 0.272 e. The zero-order valence-corrected chi connectivity index (χ0v) is 16.7.